The lowest BCUT2D eigenvalue weighted by Crippen LogP contribution is -2.46. The summed E-state index contributed by atoms with van der Waals surface area (Å²) in [5.41, 5.74) is 2.43. The molecule has 0 bridgehead atoms. The van der Waals surface area contributed by atoms with Gasteiger partial charge in [-0.2, -0.15) is 0 Å². The maximum absolute atomic E-state index is 12.6. The van der Waals surface area contributed by atoms with Crippen LogP contribution in [0.25, 0.3) is 0 Å². The summed E-state index contributed by atoms with van der Waals surface area (Å²) in [7, 11) is 0. The second-order valence-corrected chi connectivity index (χ2v) is 7.48. The van der Waals surface area contributed by atoms with Gasteiger partial charge in [0.2, 0.25) is 5.91 Å². The number of rotatable bonds is 5. The van der Waals surface area contributed by atoms with Crippen LogP contribution < -0.4 is 5.32 Å². The van der Waals surface area contributed by atoms with E-state index >= 15 is 0 Å². The van der Waals surface area contributed by atoms with Crippen LogP contribution in [0.3, 0.4) is 0 Å². The summed E-state index contributed by atoms with van der Waals surface area (Å²) in [5, 5.41) is 31.6. The van der Waals surface area contributed by atoms with E-state index in [2.05, 4.69) is 5.32 Å². The van der Waals surface area contributed by atoms with Gasteiger partial charge in [-0.15, -0.1) is 0 Å². The number of nitrogens with one attached hydrogen (secondary N) is 1. The molecule has 0 atom stereocenters. The van der Waals surface area contributed by atoms with Gasteiger partial charge in [0.15, 0.2) is 17.2 Å². The predicted molar refractivity (Wildman–Crippen MR) is 108 cm³/mol. The van der Waals surface area contributed by atoms with Crippen LogP contribution >= 0.6 is 0 Å². The van der Waals surface area contributed by atoms with E-state index in [1.807, 2.05) is 31.2 Å². The van der Waals surface area contributed by atoms with E-state index in [0.29, 0.717) is 38.8 Å². The van der Waals surface area contributed by atoms with Gasteiger partial charge in [-0.05, 0) is 43.9 Å². The molecule has 0 aliphatic carbocycles. The van der Waals surface area contributed by atoms with Crippen molar-refractivity contribution in [1.82, 2.24) is 10.2 Å². The van der Waals surface area contributed by atoms with E-state index in [9.17, 15) is 24.9 Å². The molecule has 2 amide bonds. The molecule has 29 heavy (non-hydrogen) atoms. The van der Waals surface area contributed by atoms with Crippen LogP contribution in [-0.4, -0.2) is 51.2 Å². The maximum Gasteiger partial charge on any atom is 0.254 e. The Bertz CT molecular complexity index is 864. The van der Waals surface area contributed by atoms with E-state index in [-0.39, 0.29) is 23.4 Å². The van der Waals surface area contributed by atoms with Gasteiger partial charge in [0.25, 0.3) is 5.91 Å². The second kappa shape index (κ2) is 8.86. The molecular weight excluding hydrogens is 372 g/mol. The van der Waals surface area contributed by atoms with Gasteiger partial charge in [-0.1, -0.05) is 29.8 Å². The van der Waals surface area contributed by atoms with Gasteiger partial charge in [0.05, 0.1) is 0 Å². The summed E-state index contributed by atoms with van der Waals surface area (Å²) in [4.78, 5) is 26.4. The predicted octanol–water partition coefficient (Wildman–Crippen LogP) is 2.47. The highest BCUT2D eigenvalue weighted by atomic mass is 16.3. The van der Waals surface area contributed by atoms with Crippen molar-refractivity contribution in [3.05, 3.63) is 53.1 Å². The quantitative estimate of drug-likeness (QED) is 0.579. The van der Waals surface area contributed by atoms with E-state index < -0.39 is 17.2 Å². The zero-order chi connectivity index (χ0) is 21.0. The van der Waals surface area contributed by atoms with Crippen molar-refractivity contribution in [2.24, 2.45) is 0 Å². The Kier molecular flexibility index (Phi) is 6.26. The number of hydrogen-bond acceptors (Lipinski definition) is 5. The summed E-state index contributed by atoms with van der Waals surface area (Å²) in [6, 6.07) is 10.4. The zero-order valence-corrected chi connectivity index (χ0v) is 16.4. The molecule has 0 unspecified atom stereocenters. The standard InChI is InChI=1S/C22H26N2O5/c1-14-2-4-15(5-3-14)6-7-20(27)23-17-8-10-24(11-9-17)22(29)16-12-18(25)21(28)19(26)13-16/h2-5,12-13,17,25-26,28H,6-11H2,1H3,(H,23,27). The fraction of sp³-hybridized carbons (Fsp3) is 0.364. The van der Waals surface area contributed by atoms with Crippen molar-refractivity contribution in [2.75, 3.05) is 13.1 Å². The highest BCUT2D eigenvalue weighted by molar-refractivity contribution is 5.95. The number of phenols is 3. The van der Waals surface area contributed by atoms with Crippen LogP contribution in [0.2, 0.25) is 0 Å². The number of hydrogen-bond donors (Lipinski definition) is 4. The van der Waals surface area contributed by atoms with Crippen LogP contribution in [-0.2, 0) is 11.2 Å². The number of likely N-dealkylation sites (tertiary alicyclic amines) is 1. The number of aromatic hydroxyl groups is 3. The average Bonchev–Trinajstić information content (AvgIpc) is 2.71. The largest absolute Gasteiger partial charge is 0.504 e. The summed E-state index contributed by atoms with van der Waals surface area (Å²) < 4.78 is 0. The van der Waals surface area contributed by atoms with Gasteiger partial charge in [0, 0.05) is 31.1 Å². The van der Waals surface area contributed by atoms with Crippen LogP contribution in [0.5, 0.6) is 17.2 Å². The molecule has 3 rings (SSSR count). The number of piperidine rings is 1. The Morgan fingerprint density at radius 3 is 2.21 bits per heavy atom. The molecule has 1 fully saturated rings. The first-order valence-electron chi connectivity index (χ1n) is 9.72. The lowest BCUT2D eigenvalue weighted by Gasteiger charge is -2.32. The minimum absolute atomic E-state index is 0.00345. The third-order valence-corrected chi connectivity index (χ3v) is 5.23. The molecule has 7 heteroatoms. The van der Waals surface area contributed by atoms with Gasteiger partial charge in [0.1, 0.15) is 0 Å². The Morgan fingerprint density at radius 2 is 1.62 bits per heavy atom. The van der Waals surface area contributed by atoms with Crippen molar-refractivity contribution in [3.63, 3.8) is 0 Å². The smallest absolute Gasteiger partial charge is 0.254 e. The molecule has 0 radical (unpaired) electrons. The lowest BCUT2D eigenvalue weighted by atomic mass is 10.0. The average molecular weight is 398 g/mol. The Hall–Kier alpha value is -3.22. The highest BCUT2D eigenvalue weighted by Gasteiger charge is 2.25. The zero-order valence-electron chi connectivity index (χ0n) is 16.4. The first-order valence-corrected chi connectivity index (χ1v) is 9.72. The Labute approximate surface area is 169 Å². The van der Waals surface area contributed by atoms with Crippen molar-refractivity contribution in [1.29, 1.82) is 0 Å². The molecule has 0 spiro atoms. The number of carbonyl (C=O) groups excluding carboxylic acids is 2. The SMILES string of the molecule is Cc1ccc(CCC(=O)NC2CCN(C(=O)c3cc(O)c(O)c(O)c3)CC2)cc1. The van der Waals surface area contributed by atoms with Crippen molar-refractivity contribution < 1.29 is 24.9 Å². The van der Waals surface area contributed by atoms with E-state index in [0.717, 1.165) is 17.7 Å². The van der Waals surface area contributed by atoms with Gasteiger partial charge in [-0.3, -0.25) is 9.59 Å². The third-order valence-electron chi connectivity index (χ3n) is 5.23. The number of aryl methyl sites for hydroxylation is 2. The van der Waals surface area contributed by atoms with E-state index in [1.54, 1.807) is 4.90 Å². The van der Waals surface area contributed by atoms with Crippen molar-refractivity contribution in [2.45, 2.75) is 38.6 Å². The molecule has 7 nitrogen and oxygen atoms in total. The number of phenolic OH excluding ortho intramolecular Hbond substituents is 3. The molecule has 4 N–H and O–H groups in total. The molecule has 0 saturated carbocycles. The Balaban J connectivity index is 1.46. The first kappa shape index (κ1) is 20.5. The Morgan fingerprint density at radius 1 is 1.03 bits per heavy atom. The fourth-order valence-electron chi connectivity index (χ4n) is 3.45. The number of nitrogens with zero attached hydrogens (tertiary/aromatic N) is 1. The van der Waals surface area contributed by atoms with Gasteiger partial charge in [-0.25, -0.2) is 0 Å². The van der Waals surface area contributed by atoms with Crippen LogP contribution in [0.15, 0.2) is 36.4 Å². The maximum atomic E-state index is 12.6. The topological polar surface area (TPSA) is 110 Å². The molecule has 154 valence electrons. The normalized spacial score (nSPS) is 14.6. The molecule has 0 aromatic heterocycles. The number of carbonyl (C=O) groups is 2. The minimum Gasteiger partial charge on any atom is -0.504 e. The van der Waals surface area contributed by atoms with Crippen molar-refractivity contribution >= 4 is 11.8 Å². The van der Waals surface area contributed by atoms with E-state index in [4.69, 9.17) is 0 Å². The van der Waals surface area contributed by atoms with Gasteiger partial charge >= 0.3 is 0 Å². The van der Waals surface area contributed by atoms with Crippen LogP contribution in [0.4, 0.5) is 0 Å². The molecule has 1 heterocycles. The molecule has 1 aliphatic heterocycles. The van der Waals surface area contributed by atoms with Crippen LogP contribution in [0, 0.1) is 6.92 Å². The molecule has 1 saturated heterocycles. The fourth-order valence-corrected chi connectivity index (χ4v) is 3.45. The monoisotopic (exact) mass is 398 g/mol. The molecular formula is C22H26N2O5. The number of amides is 2. The first-order chi connectivity index (χ1) is 13.8. The third kappa shape index (κ3) is 5.19. The summed E-state index contributed by atoms with van der Waals surface area (Å²) in [6.45, 7) is 2.95. The van der Waals surface area contributed by atoms with Crippen molar-refractivity contribution in [3.8, 4) is 17.2 Å². The summed E-state index contributed by atoms with van der Waals surface area (Å²) >= 11 is 0. The summed E-state index contributed by atoms with van der Waals surface area (Å²) in [5.74, 6) is -2.05. The highest BCUT2D eigenvalue weighted by Crippen LogP contribution is 2.35. The molecule has 1 aliphatic rings. The second-order valence-electron chi connectivity index (χ2n) is 7.48. The van der Waals surface area contributed by atoms with Gasteiger partial charge < -0.3 is 25.5 Å². The van der Waals surface area contributed by atoms with Crippen LogP contribution in [0.1, 0.15) is 40.7 Å². The lowest BCUT2D eigenvalue weighted by molar-refractivity contribution is -0.122. The molecule has 2 aromatic carbocycles. The minimum atomic E-state index is -0.645. The van der Waals surface area contributed by atoms with E-state index in [1.165, 1.54) is 5.56 Å². The summed E-state index contributed by atoms with van der Waals surface area (Å²) in [6.07, 6.45) is 2.39. The molecule has 2 aromatic rings. The number of benzene rings is 2.